The SMILES string of the molecule is CC(=O)CN1CCN(C(C)C)CC1. The van der Waals surface area contributed by atoms with Gasteiger partial charge in [-0.25, -0.2) is 0 Å². The van der Waals surface area contributed by atoms with Gasteiger partial charge in [-0.05, 0) is 20.8 Å². The average Bonchev–Trinajstić information content (AvgIpc) is 2.04. The number of piperazine rings is 1. The maximum absolute atomic E-state index is 10.9. The summed E-state index contributed by atoms with van der Waals surface area (Å²) in [7, 11) is 0. The van der Waals surface area contributed by atoms with E-state index in [2.05, 4.69) is 23.6 Å². The number of nitrogens with zero attached hydrogens (tertiary/aromatic N) is 2. The lowest BCUT2D eigenvalue weighted by molar-refractivity contribution is -0.118. The first-order valence-electron chi connectivity index (χ1n) is 5.05. The lowest BCUT2D eigenvalue weighted by atomic mass is 10.2. The Hall–Kier alpha value is -0.410. The molecular formula is C10H20N2O. The number of Topliss-reactive ketones (excluding diaryl/α,β-unsaturated/α-hetero) is 1. The van der Waals surface area contributed by atoms with E-state index in [0.29, 0.717) is 12.6 Å². The van der Waals surface area contributed by atoms with Crippen LogP contribution in [0.5, 0.6) is 0 Å². The largest absolute Gasteiger partial charge is 0.299 e. The van der Waals surface area contributed by atoms with Gasteiger partial charge in [-0.2, -0.15) is 0 Å². The lowest BCUT2D eigenvalue weighted by Gasteiger charge is -2.36. The summed E-state index contributed by atoms with van der Waals surface area (Å²) in [6, 6.07) is 0.638. The molecule has 0 unspecified atom stereocenters. The molecule has 0 aliphatic carbocycles. The van der Waals surface area contributed by atoms with Gasteiger partial charge in [0.15, 0.2) is 0 Å². The highest BCUT2D eigenvalue weighted by atomic mass is 16.1. The van der Waals surface area contributed by atoms with Gasteiger partial charge in [-0.3, -0.25) is 14.6 Å². The van der Waals surface area contributed by atoms with E-state index in [9.17, 15) is 4.79 Å². The highest BCUT2D eigenvalue weighted by molar-refractivity contribution is 5.77. The fraction of sp³-hybridized carbons (Fsp3) is 0.900. The van der Waals surface area contributed by atoms with Crippen molar-refractivity contribution in [2.75, 3.05) is 32.7 Å². The molecule has 1 rings (SSSR count). The number of rotatable bonds is 3. The average molecular weight is 184 g/mol. The molecular weight excluding hydrogens is 164 g/mol. The molecule has 13 heavy (non-hydrogen) atoms. The van der Waals surface area contributed by atoms with E-state index in [-0.39, 0.29) is 5.78 Å². The van der Waals surface area contributed by atoms with Gasteiger partial charge >= 0.3 is 0 Å². The number of carbonyl (C=O) groups excluding carboxylic acids is 1. The first-order valence-corrected chi connectivity index (χ1v) is 5.05. The summed E-state index contributed by atoms with van der Waals surface area (Å²) in [6.45, 7) is 11.0. The van der Waals surface area contributed by atoms with Crippen LogP contribution in [0.15, 0.2) is 0 Å². The number of hydrogen-bond donors (Lipinski definition) is 0. The quantitative estimate of drug-likeness (QED) is 0.642. The summed E-state index contributed by atoms with van der Waals surface area (Å²) >= 11 is 0. The Morgan fingerprint density at radius 3 is 2.15 bits per heavy atom. The molecule has 0 saturated carbocycles. The van der Waals surface area contributed by atoms with E-state index in [1.807, 2.05) is 0 Å². The molecule has 76 valence electrons. The van der Waals surface area contributed by atoms with Gasteiger partial charge in [-0.15, -0.1) is 0 Å². The third-order valence-electron chi connectivity index (χ3n) is 2.58. The van der Waals surface area contributed by atoms with Gasteiger partial charge in [0.2, 0.25) is 0 Å². The zero-order valence-corrected chi connectivity index (χ0v) is 8.92. The second kappa shape index (κ2) is 4.72. The molecule has 0 amide bonds. The fourth-order valence-electron chi connectivity index (χ4n) is 1.75. The van der Waals surface area contributed by atoms with Crippen molar-refractivity contribution in [3.8, 4) is 0 Å². The lowest BCUT2D eigenvalue weighted by Crippen LogP contribution is -2.49. The molecule has 0 N–H and O–H groups in total. The summed E-state index contributed by atoms with van der Waals surface area (Å²) in [5.74, 6) is 0.276. The molecule has 3 heteroatoms. The van der Waals surface area contributed by atoms with E-state index in [4.69, 9.17) is 0 Å². The Balaban J connectivity index is 2.26. The van der Waals surface area contributed by atoms with Gasteiger partial charge < -0.3 is 0 Å². The standard InChI is InChI=1S/C10H20N2O/c1-9(2)12-6-4-11(5-7-12)8-10(3)13/h9H,4-8H2,1-3H3. The molecule has 0 aromatic rings. The van der Waals surface area contributed by atoms with Crippen LogP contribution in [0.25, 0.3) is 0 Å². The van der Waals surface area contributed by atoms with Gasteiger partial charge in [0.25, 0.3) is 0 Å². The van der Waals surface area contributed by atoms with Crippen LogP contribution >= 0.6 is 0 Å². The molecule has 1 aliphatic heterocycles. The molecule has 1 aliphatic rings. The highest BCUT2D eigenvalue weighted by Crippen LogP contribution is 2.05. The van der Waals surface area contributed by atoms with Crippen LogP contribution in [0.1, 0.15) is 20.8 Å². The smallest absolute Gasteiger partial charge is 0.143 e. The van der Waals surface area contributed by atoms with Crippen molar-refractivity contribution in [3.05, 3.63) is 0 Å². The third kappa shape index (κ3) is 3.44. The van der Waals surface area contributed by atoms with Gasteiger partial charge in [0.1, 0.15) is 5.78 Å². The molecule has 1 heterocycles. The molecule has 0 bridgehead atoms. The van der Waals surface area contributed by atoms with E-state index in [1.165, 1.54) is 0 Å². The topological polar surface area (TPSA) is 23.6 Å². The number of ketones is 1. The normalized spacial score (nSPS) is 20.9. The molecule has 0 spiro atoms. The molecule has 3 nitrogen and oxygen atoms in total. The Bertz CT molecular complexity index is 172. The summed E-state index contributed by atoms with van der Waals surface area (Å²) in [6.07, 6.45) is 0. The van der Waals surface area contributed by atoms with Crippen LogP contribution in [0.2, 0.25) is 0 Å². The van der Waals surface area contributed by atoms with E-state index >= 15 is 0 Å². The molecule has 1 fully saturated rings. The van der Waals surface area contributed by atoms with Crippen LogP contribution in [-0.4, -0.2) is 54.3 Å². The number of carbonyl (C=O) groups is 1. The molecule has 0 aromatic heterocycles. The van der Waals surface area contributed by atoms with Crippen molar-refractivity contribution in [1.82, 2.24) is 9.80 Å². The summed E-state index contributed by atoms with van der Waals surface area (Å²) in [4.78, 5) is 15.6. The first kappa shape index (κ1) is 10.7. The predicted octanol–water partition coefficient (Wildman–Crippen LogP) is 0.601. The van der Waals surface area contributed by atoms with Gasteiger partial charge in [0.05, 0.1) is 6.54 Å². The molecule has 0 atom stereocenters. The Labute approximate surface area is 80.7 Å². The minimum Gasteiger partial charge on any atom is -0.299 e. The Morgan fingerprint density at radius 2 is 1.77 bits per heavy atom. The van der Waals surface area contributed by atoms with Crippen molar-refractivity contribution >= 4 is 5.78 Å². The van der Waals surface area contributed by atoms with Crippen LogP contribution in [-0.2, 0) is 4.79 Å². The molecule has 0 radical (unpaired) electrons. The van der Waals surface area contributed by atoms with Crippen LogP contribution in [0.3, 0.4) is 0 Å². The van der Waals surface area contributed by atoms with E-state index in [1.54, 1.807) is 6.92 Å². The molecule has 1 saturated heterocycles. The van der Waals surface area contributed by atoms with Crippen LogP contribution in [0, 0.1) is 0 Å². The van der Waals surface area contributed by atoms with Crippen LogP contribution < -0.4 is 0 Å². The predicted molar refractivity (Wildman–Crippen MR) is 53.8 cm³/mol. The van der Waals surface area contributed by atoms with Crippen molar-refractivity contribution < 1.29 is 4.79 Å². The van der Waals surface area contributed by atoms with E-state index < -0.39 is 0 Å². The van der Waals surface area contributed by atoms with Crippen LogP contribution in [0.4, 0.5) is 0 Å². The van der Waals surface area contributed by atoms with Crippen molar-refractivity contribution in [2.45, 2.75) is 26.8 Å². The van der Waals surface area contributed by atoms with Gasteiger partial charge in [-0.1, -0.05) is 0 Å². The zero-order valence-electron chi connectivity index (χ0n) is 8.92. The minimum atomic E-state index is 0.276. The van der Waals surface area contributed by atoms with Crippen molar-refractivity contribution in [1.29, 1.82) is 0 Å². The maximum Gasteiger partial charge on any atom is 0.143 e. The second-order valence-corrected chi connectivity index (χ2v) is 4.11. The fourth-order valence-corrected chi connectivity index (χ4v) is 1.75. The zero-order chi connectivity index (χ0) is 9.84. The summed E-state index contributed by atoms with van der Waals surface area (Å²) < 4.78 is 0. The second-order valence-electron chi connectivity index (χ2n) is 4.11. The molecule has 0 aromatic carbocycles. The van der Waals surface area contributed by atoms with Gasteiger partial charge in [0, 0.05) is 32.2 Å². The number of hydrogen-bond acceptors (Lipinski definition) is 3. The summed E-state index contributed by atoms with van der Waals surface area (Å²) in [5.41, 5.74) is 0. The minimum absolute atomic E-state index is 0.276. The van der Waals surface area contributed by atoms with E-state index in [0.717, 1.165) is 26.2 Å². The Kier molecular flexibility index (Phi) is 3.88. The first-order chi connectivity index (χ1) is 6.09. The Morgan fingerprint density at radius 1 is 1.23 bits per heavy atom. The third-order valence-corrected chi connectivity index (χ3v) is 2.58. The monoisotopic (exact) mass is 184 g/mol. The van der Waals surface area contributed by atoms with Crippen molar-refractivity contribution in [2.24, 2.45) is 0 Å². The van der Waals surface area contributed by atoms with Crippen molar-refractivity contribution in [3.63, 3.8) is 0 Å². The summed E-state index contributed by atoms with van der Waals surface area (Å²) in [5, 5.41) is 0. The highest BCUT2D eigenvalue weighted by Gasteiger charge is 2.18. The maximum atomic E-state index is 10.9.